The van der Waals surface area contributed by atoms with Crippen molar-refractivity contribution in [2.75, 3.05) is 26.3 Å². The number of nitrogens with zero attached hydrogens (tertiary/aromatic N) is 1. The van der Waals surface area contributed by atoms with E-state index in [0.29, 0.717) is 0 Å². The molecular formula is C10H9F12NO2. The van der Waals surface area contributed by atoms with Crippen LogP contribution in [0.2, 0.25) is 0 Å². The minimum atomic E-state index is -7.18. The van der Waals surface area contributed by atoms with Gasteiger partial charge in [0.1, 0.15) is 0 Å². The zero-order valence-corrected chi connectivity index (χ0v) is 11.7. The molecule has 15 heteroatoms. The molecule has 0 bridgehead atoms. The van der Waals surface area contributed by atoms with E-state index in [0.717, 1.165) is 0 Å². The Labute approximate surface area is 131 Å². The average molecular weight is 403 g/mol. The normalized spacial score (nSPS) is 21.5. The third-order valence-corrected chi connectivity index (χ3v) is 3.09. The molecule has 1 heterocycles. The maximum atomic E-state index is 13.6. The molecule has 0 radical (unpaired) electrons. The summed E-state index contributed by atoms with van der Waals surface area (Å²) < 4.78 is 161. The van der Waals surface area contributed by atoms with Crippen LogP contribution in [-0.4, -0.2) is 67.7 Å². The van der Waals surface area contributed by atoms with E-state index in [1.807, 2.05) is 4.74 Å². The lowest BCUT2D eigenvalue weighted by atomic mass is 10.1. The molecule has 1 atom stereocenters. The van der Waals surface area contributed by atoms with E-state index >= 15 is 0 Å². The summed E-state index contributed by atoms with van der Waals surface area (Å²) >= 11 is 0. The quantitative estimate of drug-likeness (QED) is 0.500. The molecule has 1 fully saturated rings. The lowest BCUT2D eigenvalue weighted by Crippen LogP contribution is -2.67. The largest absolute Gasteiger partial charge is 0.455 e. The second-order valence-electron chi connectivity index (χ2n) is 4.78. The van der Waals surface area contributed by atoms with Crippen LogP contribution in [-0.2, 0) is 9.47 Å². The van der Waals surface area contributed by atoms with E-state index in [1.54, 1.807) is 0 Å². The van der Waals surface area contributed by atoms with Crippen molar-refractivity contribution in [1.29, 1.82) is 0 Å². The molecule has 1 unspecified atom stereocenters. The fourth-order valence-corrected chi connectivity index (χ4v) is 1.72. The molecule has 0 aliphatic carbocycles. The standard InChI is InChI=1S/C10H9F12NO2/c11-5(12)6(13,14)7(15,8(16,17)18)25-10(21,22)9(19,20)23-1-3-24-4-2-23/h5H,1-4H2. The second kappa shape index (κ2) is 6.64. The summed E-state index contributed by atoms with van der Waals surface area (Å²) in [6.45, 7) is -3.16. The van der Waals surface area contributed by atoms with E-state index < -0.39 is 67.7 Å². The van der Waals surface area contributed by atoms with Crippen molar-refractivity contribution in [3.63, 3.8) is 0 Å². The van der Waals surface area contributed by atoms with Gasteiger partial charge in [0, 0.05) is 13.1 Å². The molecule has 0 aromatic rings. The van der Waals surface area contributed by atoms with Gasteiger partial charge in [-0.1, -0.05) is 0 Å². The zero-order valence-electron chi connectivity index (χ0n) is 11.7. The van der Waals surface area contributed by atoms with Gasteiger partial charge in [-0.2, -0.15) is 43.9 Å². The lowest BCUT2D eigenvalue weighted by Gasteiger charge is -2.41. The van der Waals surface area contributed by atoms with Crippen LogP contribution in [0.1, 0.15) is 0 Å². The van der Waals surface area contributed by atoms with Crippen molar-refractivity contribution >= 4 is 0 Å². The molecule has 1 aliphatic heterocycles. The van der Waals surface area contributed by atoms with Gasteiger partial charge in [0.15, 0.2) is 0 Å². The number of morpholine rings is 1. The fraction of sp³-hybridized carbons (Fsp3) is 1.00. The smallest absolute Gasteiger partial charge is 0.379 e. The SMILES string of the molecule is FC(F)C(F)(F)C(F)(OC(F)(F)C(F)(F)N1CCOCC1)C(F)(F)F. The van der Waals surface area contributed by atoms with Crippen LogP contribution < -0.4 is 0 Å². The minimum Gasteiger partial charge on any atom is -0.379 e. The molecule has 0 N–H and O–H groups in total. The number of rotatable bonds is 6. The highest BCUT2D eigenvalue weighted by atomic mass is 19.4. The summed E-state index contributed by atoms with van der Waals surface area (Å²) in [5, 5.41) is 0. The highest BCUT2D eigenvalue weighted by molar-refractivity contribution is 4.96. The average Bonchev–Trinajstić information content (AvgIpc) is 2.45. The monoisotopic (exact) mass is 403 g/mol. The van der Waals surface area contributed by atoms with Crippen molar-refractivity contribution in [2.24, 2.45) is 0 Å². The number of halogens is 12. The molecule has 1 saturated heterocycles. The molecule has 150 valence electrons. The lowest BCUT2D eigenvalue weighted by molar-refractivity contribution is -0.507. The number of hydrogen-bond acceptors (Lipinski definition) is 3. The summed E-state index contributed by atoms with van der Waals surface area (Å²) in [6, 6.07) is -5.72. The highest BCUT2D eigenvalue weighted by Gasteiger charge is 2.81. The van der Waals surface area contributed by atoms with Gasteiger partial charge >= 0.3 is 36.5 Å². The van der Waals surface area contributed by atoms with Crippen LogP contribution in [0.4, 0.5) is 52.7 Å². The van der Waals surface area contributed by atoms with Crippen LogP contribution >= 0.6 is 0 Å². The van der Waals surface area contributed by atoms with E-state index in [4.69, 9.17) is 0 Å². The molecule has 1 aliphatic rings. The Kier molecular flexibility index (Phi) is 5.87. The fourth-order valence-electron chi connectivity index (χ4n) is 1.72. The summed E-state index contributed by atoms with van der Waals surface area (Å²) in [7, 11) is 0. The Bertz CT molecular complexity index is 461. The Hall–Kier alpha value is -0.960. The molecule has 0 aromatic carbocycles. The number of hydrogen-bond donors (Lipinski definition) is 0. The third kappa shape index (κ3) is 3.77. The van der Waals surface area contributed by atoms with E-state index in [9.17, 15) is 52.7 Å². The molecule has 0 spiro atoms. The van der Waals surface area contributed by atoms with Gasteiger partial charge in [0.2, 0.25) is 0 Å². The molecule has 0 amide bonds. The first-order valence-electron chi connectivity index (χ1n) is 6.21. The van der Waals surface area contributed by atoms with Crippen LogP contribution in [0.15, 0.2) is 0 Å². The molecule has 1 rings (SSSR count). The van der Waals surface area contributed by atoms with E-state index in [1.165, 1.54) is 0 Å². The summed E-state index contributed by atoms with van der Waals surface area (Å²) in [4.78, 5) is -0.520. The predicted molar refractivity (Wildman–Crippen MR) is 54.2 cm³/mol. The van der Waals surface area contributed by atoms with Crippen LogP contribution in [0, 0.1) is 0 Å². The van der Waals surface area contributed by atoms with Crippen molar-refractivity contribution in [3.05, 3.63) is 0 Å². The first kappa shape index (κ1) is 22.1. The van der Waals surface area contributed by atoms with Crippen molar-refractivity contribution in [1.82, 2.24) is 4.90 Å². The van der Waals surface area contributed by atoms with Gasteiger partial charge < -0.3 is 4.74 Å². The topological polar surface area (TPSA) is 21.7 Å². The van der Waals surface area contributed by atoms with Crippen LogP contribution in [0.5, 0.6) is 0 Å². The van der Waals surface area contributed by atoms with Crippen molar-refractivity contribution in [3.8, 4) is 0 Å². The summed E-state index contributed by atoms with van der Waals surface area (Å²) in [6.07, 6.45) is -19.2. The molecule has 0 saturated carbocycles. The van der Waals surface area contributed by atoms with Gasteiger partial charge in [-0.25, -0.2) is 13.7 Å². The van der Waals surface area contributed by atoms with Gasteiger partial charge in [-0.05, 0) is 0 Å². The molecule has 0 aromatic heterocycles. The van der Waals surface area contributed by atoms with E-state index in [2.05, 4.69) is 4.74 Å². The highest BCUT2D eigenvalue weighted by Crippen LogP contribution is 2.53. The first-order valence-corrected chi connectivity index (χ1v) is 6.21. The number of ether oxygens (including phenoxy) is 2. The van der Waals surface area contributed by atoms with Gasteiger partial charge in [0.25, 0.3) is 0 Å². The summed E-state index contributed by atoms with van der Waals surface area (Å²) in [5.74, 6) is -14.0. The van der Waals surface area contributed by atoms with Gasteiger partial charge in [0.05, 0.1) is 13.2 Å². The maximum Gasteiger partial charge on any atom is 0.455 e. The number of alkyl halides is 12. The minimum absolute atomic E-state index is 0.520. The van der Waals surface area contributed by atoms with Crippen LogP contribution in [0.3, 0.4) is 0 Å². The van der Waals surface area contributed by atoms with E-state index in [-0.39, 0.29) is 0 Å². The van der Waals surface area contributed by atoms with Crippen LogP contribution in [0.25, 0.3) is 0 Å². The molecular weight excluding hydrogens is 394 g/mol. The maximum absolute atomic E-state index is 13.6. The Morgan fingerprint density at radius 1 is 0.800 bits per heavy atom. The molecule has 25 heavy (non-hydrogen) atoms. The summed E-state index contributed by atoms with van der Waals surface area (Å²) in [5.41, 5.74) is 0. The predicted octanol–water partition coefficient (Wildman–Crippen LogP) is 3.65. The van der Waals surface area contributed by atoms with Crippen molar-refractivity contribution < 1.29 is 62.2 Å². The Morgan fingerprint density at radius 2 is 1.24 bits per heavy atom. The Morgan fingerprint density at radius 3 is 1.60 bits per heavy atom. The Balaban J connectivity index is 3.26. The van der Waals surface area contributed by atoms with Crippen molar-refractivity contribution in [2.45, 2.75) is 36.5 Å². The molecule has 3 nitrogen and oxygen atoms in total. The second-order valence-corrected chi connectivity index (χ2v) is 4.78. The first-order chi connectivity index (χ1) is 11.0. The van der Waals surface area contributed by atoms with Gasteiger partial charge in [-0.3, -0.25) is 4.74 Å². The third-order valence-electron chi connectivity index (χ3n) is 3.09. The van der Waals surface area contributed by atoms with Gasteiger partial charge in [-0.15, -0.1) is 0 Å². The zero-order chi connectivity index (χ0) is 19.9.